The second kappa shape index (κ2) is 4.80. The van der Waals surface area contributed by atoms with Crippen molar-refractivity contribution < 1.29 is 14.3 Å². The molecule has 0 aliphatic carbocycles. The summed E-state index contributed by atoms with van der Waals surface area (Å²) in [6.45, 7) is 4.15. The molecule has 1 heterocycles. The minimum atomic E-state index is -0.332. The van der Waals surface area contributed by atoms with Gasteiger partial charge in [0, 0.05) is 12.0 Å². The molecule has 0 bridgehead atoms. The summed E-state index contributed by atoms with van der Waals surface area (Å²) in [5.41, 5.74) is 2.53. The van der Waals surface area contributed by atoms with Gasteiger partial charge in [0.15, 0.2) is 0 Å². The van der Waals surface area contributed by atoms with E-state index in [1.807, 2.05) is 6.07 Å². The Labute approximate surface area is 106 Å². The van der Waals surface area contributed by atoms with Crippen LogP contribution in [0, 0.1) is 0 Å². The van der Waals surface area contributed by atoms with Gasteiger partial charge in [-0.05, 0) is 29.5 Å². The second-order valence-electron chi connectivity index (χ2n) is 4.78. The van der Waals surface area contributed by atoms with Crippen LogP contribution in [0.25, 0.3) is 0 Å². The second-order valence-corrected chi connectivity index (χ2v) is 4.78. The number of amides is 2. The number of fused-ring (bicyclic) bond motifs is 1. The van der Waals surface area contributed by atoms with E-state index in [9.17, 15) is 9.59 Å². The van der Waals surface area contributed by atoms with Gasteiger partial charge in [-0.25, -0.2) is 0 Å². The summed E-state index contributed by atoms with van der Waals surface area (Å²) in [7, 11) is 1.59. The number of hydrogen-bond acceptors (Lipinski definition) is 3. The summed E-state index contributed by atoms with van der Waals surface area (Å²) in [6.07, 6.45) is 0.944. The van der Waals surface area contributed by atoms with Crippen molar-refractivity contribution in [3.63, 3.8) is 0 Å². The van der Waals surface area contributed by atoms with E-state index in [0.29, 0.717) is 30.1 Å². The monoisotopic (exact) mass is 247 g/mol. The van der Waals surface area contributed by atoms with E-state index in [1.54, 1.807) is 13.2 Å². The van der Waals surface area contributed by atoms with Gasteiger partial charge in [-0.2, -0.15) is 0 Å². The zero-order valence-electron chi connectivity index (χ0n) is 10.9. The predicted octanol–water partition coefficient (Wildman–Crippen LogP) is 2.02. The number of methoxy groups -OCH3 is 1. The van der Waals surface area contributed by atoms with Gasteiger partial charge in [0.05, 0.1) is 7.11 Å². The molecular weight excluding hydrogens is 230 g/mol. The molecule has 0 atom stereocenters. The quantitative estimate of drug-likeness (QED) is 0.813. The van der Waals surface area contributed by atoms with Crippen LogP contribution in [0.4, 0.5) is 0 Å². The molecule has 1 aliphatic heterocycles. The van der Waals surface area contributed by atoms with Gasteiger partial charge in [-0.3, -0.25) is 14.9 Å². The van der Waals surface area contributed by atoms with Crippen molar-refractivity contribution in [3.8, 4) is 5.75 Å². The number of hydrogen-bond donors (Lipinski definition) is 1. The van der Waals surface area contributed by atoms with Crippen LogP contribution in [0.15, 0.2) is 12.1 Å². The number of imide groups is 1. The molecule has 0 saturated heterocycles. The molecular formula is C14H17NO3. The molecule has 1 aromatic rings. The molecule has 4 nitrogen and oxygen atoms in total. The molecule has 96 valence electrons. The van der Waals surface area contributed by atoms with Crippen LogP contribution in [0.3, 0.4) is 0 Å². The first-order chi connectivity index (χ1) is 8.52. The number of nitrogens with one attached hydrogen (secondary N) is 1. The van der Waals surface area contributed by atoms with Gasteiger partial charge < -0.3 is 4.74 Å². The van der Waals surface area contributed by atoms with Crippen molar-refractivity contribution in [3.05, 3.63) is 28.8 Å². The van der Waals surface area contributed by atoms with Crippen molar-refractivity contribution in [1.82, 2.24) is 5.32 Å². The van der Waals surface area contributed by atoms with Crippen LogP contribution in [0.2, 0.25) is 0 Å². The Kier molecular flexibility index (Phi) is 3.36. The Balaban J connectivity index is 2.55. The molecule has 4 heteroatoms. The van der Waals surface area contributed by atoms with Gasteiger partial charge in [-0.1, -0.05) is 19.9 Å². The summed E-state index contributed by atoms with van der Waals surface area (Å²) in [6, 6.07) is 3.72. The third-order valence-electron chi connectivity index (χ3n) is 3.20. The number of benzene rings is 1. The standard InChI is InChI=1S/C14H17NO3/c1-8(2)10-6-9-4-5-13(16)15-14(17)11(9)7-12(10)18-3/h6-8H,4-5H2,1-3H3,(H,15,16,17). The van der Waals surface area contributed by atoms with Crippen LogP contribution in [-0.4, -0.2) is 18.9 Å². The lowest BCUT2D eigenvalue weighted by Gasteiger charge is -2.15. The third-order valence-corrected chi connectivity index (χ3v) is 3.20. The highest BCUT2D eigenvalue weighted by Gasteiger charge is 2.22. The Morgan fingerprint density at radius 3 is 2.56 bits per heavy atom. The zero-order chi connectivity index (χ0) is 13.3. The van der Waals surface area contributed by atoms with E-state index >= 15 is 0 Å². The van der Waals surface area contributed by atoms with Crippen molar-refractivity contribution in [2.75, 3.05) is 7.11 Å². The summed E-state index contributed by atoms with van der Waals surface area (Å²) in [5.74, 6) is 0.461. The van der Waals surface area contributed by atoms with Gasteiger partial charge >= 0.3 is 0 Å². The Bertz CT molecular complexity index is 506. The van der Waals surface area contributed by atoms with Crippen molar-refractivity contribution >= 4 is 11.8 Å². The zero-order valence-corrected chi connectivity index (χ0v) is 10.9. The van der Waals surface area contributed by atoms with Crippen molar-refractivity contribution in [2.24, 2.45) is 0 Å². The topological polar surface area (TPSA) is 55.4 Å². The molecule has 0 radical (unpaired) electrons. The minimum absolute atomic E-state index is 0.221. The Morgan fingerprint density at radius 1 is 1.22 bits per heavy atom. The Hall–Kier alpha value is -1.84. The Morgan fingerprint density at radius 2 is 1.94 bits per heavy atom. The summed E-state index contributed by atoms with van der Waals surface area (Å²) >= 11 is 0. The smallest absolute Gasteiger partial charge is 0.258 e. The average Bonchev–Trinajstić information content (AvgIpc) is 2.47. The fourth-order valence-electron chi connectivity index (χ4n) is 2.19. The van der Waals surface area contributed by atoms with Gasteiger partial charge in [-0.15, -0.1) is 0 Å². The lowest BCUT2D eigenvalue weighted by atomic mass is 9.94. The first-order valence-corrected chi connectivity index (χ1v) is 6.08. The normalized spacial score (nSPS) is 15.1. The molecule has 18 heavy (non-hydrogen) atoms. The van der Waals surface area contributed by atoms with Crippen LogP contribution < -0.4 is 10.1 Å². The molecule has 0 aromatic heterocycles. The minimum Gasteiger partial charge on any atom is -0.496 e. The number of rotatable bonds is 2. The summed E-state index contributed by atoms with van der Waals surface area (Å²) in [4.78, 5) is 23.2. The number of carbonyl (C=O) groups is 2. The summed E-state index contributed by atoms with van der Waals surface area (Å²) in [5, 5.41) is 2.36. The first-order valence-electron chi connectivity index (χ1n) is 6.08. The third kappa shape index (κ3) is 2.23. The van der Waals surface area contributed by atoms with E-state index < -0.39 is 0 Å². The lowest BCUT2D eigenvalue weighted by molar-refractivity contribution is -0.119. The van der Waals surface area contributed by atoms with Crippen LogP contribution in [0.1, 0.15) is 47.7 Å². The first kappa shape index (κ1) is 12.6. The highest BCUT2D eigenvalue weighted by molar-refractivity contribution is 6.07. The molecule has 0 saturated carbocycles. The highest BCUT2D eigenvalue weighted by Crippen LogP contribution is 2.31. The largest absolute Gasteiger partial charge is 0.496 e. The molecule has 0 fully saturated rings. The lowest BCUT2D eigenvalue weighted by Crippen LogP contribution is -2.28. The molecule has 1 N–H and O–H groups in total. The van der Waals surface area contributed by atoms with E-state index in [1.165, 1.54) is 0 Å². The fraction of sp³-hybridized carbons (Fsp3) is 0.429. The average molecular weight is 247 g/mol. The fourth-order valence-corrected chi connectivity index (χ4v) is 2.19. The predicted molar refractivity (Wildman–Crippen MR) is 67.9 cm³/mol. The maximum absolute atomic E-state index is 11.9. The number of ether oxygens (including phenoxy) is 1. The maximum atomic E-state index is 11.9. The summed E-state index contributed by atoms with van der Waals surface area (Å²) < 4.78 is 5.32. The van der Waals surface area contributed by atoms with Crippen LogP contribution >= 0.6 is 0 Å². The van der Waals surface area contributed by atoms with Crippen molar-refractivity contribution in [1.29, 1.82) is 0 Å². The molecule has 2 rings (SSSR count). The molecule has 0 unspecified atom stereocenters. The molecule has 2 amide bonds. The highest BCUT2D eigenvalue weighted by atomic mass is 16.5. The van der Waals surface area contributed by atoms with Crippen LogP contribution in [-0.2, 0) is 11.2 Å². The van der Waals surface area contributed by atoms with Gasteiger partial charge in [0.25, 0.3) is 5.91 Å². The van der Waals surface area contributed by atoms with Crippen LogP contribution in [0.5, 0.6) is 5.75 Å². The van der Waals surface area contributed by atoms with E-state index in [0.717, 1.165) is 11.1 Å². The van der Waals surface area contributed by atoms with E-state index in [4.69, 9.17) is 4.74 Å². The molecule has 0 spiro atoms. The van der Waals surface area contributed by atoms with Gasteiger partial charge in [0.2, 0.25) is 5.91 Å². The number of carbonyl (C=O) groups excluding carboxylic acids is 2. The SMILES string of the molecule is COc1cc2c(cc1C(C)C)CCC(=O)NC2=O. The maximum Gasteiger partial charge on any atom is 0.258 e. The van der Waals surface area contributed by atoms with E-state index in [-0.39, 0.29) is 11.8 Å². The van der Waals surface area contributed by atoms with E-state index in [2.05, 4.69) is 19.2 Å². The molecule has 1 aromatic carbocycles. The van der Waals surface area contributed by atoms with Gasteiger partial charge in [0.1, 0.15) is 5.75 Å². The van der Waals surface area contributed by atoms with Crippen molar-refractivity contribution in [2.45, 2.75) is 32.6 Å². The number of aryl methyl sites for hydroxylation is 1. The molecule has 1 aliphatic rings.